The number of urea groups is 1. The highest BCUT2D eigenvalue weighted by atomic mass is 35.5. The fourth-order valence-electron chi connectivity index (χ4n) is 3.86. The summed E-state index contributed by atoms with van der Waals surface area (Å²) in [7, 11) is 0. The summed E-state index contributed by atoms with van der Waals surface area (Å²) in [6, 6.07) is 0.159. The number of nitrogens with zero attached hydrogens (tertiary/aromatic N) is 2. The first-order valence-corrected chi connectivity index (χ1v) is 9.93. The van der Waals surface area contributed by atoms with Gasteiger partial charge in [0.15, 0.2) is 0 Å². The molecule has 0 bridgehead atoms. The Hall–Kier alpha value is -1.01. The molecule has 7 heteroatoms. The fraction of sp³-hybridized carbons (Fsp3) is 0.895. The molecule has 0 aromatic carbocycles. The van der Waals surface area contributed by atoms with Crippen LogP contribution < -0.4 is 11.1 Å². The summed E-state index contributed by atoms with van der Waals surface area (Å²) in [5.74, 6) is 1.38. The van der Waals surface area contributed by atoms with E-state index in [0.717, 1.165) is 45.3 Å². The normalized spacial score (nSPS) is 24.8. The zero-order valence-corrected chi connectivity index (χ0v) is 17.4. The predicted octanol–water partition coefficient (Wildman–Crippen LogP) is 2.46. The van der Waals surface area contributed by atoms with E-state index < -0.39 is 0 Å². The van der Waals surface area contributed by atoms with E-state index in [1.54, 1.807) is 0 Å². The molecule has 0 aliphatic carbocycles. The van der Waals surface area contributed by atoms with Crippen molar-refractivity contribution in [3.8, 4) is 0 Å². The summed E-state index contributed by atoms with van der Waals surface area (Å²) in [6.07, 6.45) is 4.74. The molecule has 0 aromatic heterocycles. The summed E-state index contributed by atoms with van der Waals surface area (Å²) >= 11 is 0. The number of hydrogen-bond donors (Lipinski definition) is 2. The average Bonchev–Trinajstić information content (AvgIpc) is 2.59. The maximum absolute atomic E-state index is 12.7. The summed E-state index contributed by atoms with van der Waals surface area (Å²) in [5, 5.41) is 2.99. The minimum absolute atomic E-state index is 0. The Kier molecular flexibility index (Phi) is 9.72. The van der Waals surface area contributed by atoms with Crippen molar-refractivity contribution in [3.63, 3.8) is 0 Å². The van der Waals surface area contributed by atoms with Crippen molar-refractivity contribution in [2.24, 2.45) is 23.5 Å². The number of amides is 3. The highest BCUT2D eigenvalue weighted by Gasteiger charge is 2.30. The lowest BCUT2D eigenvalue weighted by Gasteiger charge is -2.37. The lowest BCUT2D eigenvalue weighted by atomic mass is 9.90. The Balaban J connectivity index is 0.00000338. The van der Waals surface area contributed by atoms with E-state index in [1.807, 2.05) is 16.7 Å². The smallest absolute Gasteiger partial charge is 0.317 e. The molecular formula is C19H37ClN4O2. The first-order valence-electron chi connectivity index (χ1n) is 9.93. The molecule has 2 aliphatic rings. The third kappa shape index (κ3) is 6.95. The molecule has 0 radical (unpaired) electrons. The second-order valence-corrected chi connectivity index (χ2v) is 8.34. The molecule has 2 heterocycles. The number of hydrogen-bond acceptors (Lipinski definition) is 3. The van der Waals surface area contributed by atoms with Gasteiger partial charge in [-0.3, -0.25) is 4.79 Å². The van der Waals surface area contributed by atoms with E-state index in [0.29, 0.717) is 31.3 Å². The molecule has 0 saturated carbocycles. The Labute approximate surface area is 164 Å². The molecule has 6 nitrogen and oxygen atoms in total. The molecule has 3 N–H and O–H groups in total. The highest BCUT2D eigenvalue weighted by Crippen LogP contribution is 2.24. The average molecular weight is 389 g/mol. The van der Waals surface area contributed by atoms with Gasteiger partial charge in [0.25, 0.3) is 0 Å². The van der Waals surface area contributed by atoms with Crippen LogP contribution in [0.15, 0.2) is 0 Å². The number of carbonyl (C=O) groups is 2. The predicted molar refractivity (Wildman–Crippen MR) is 107 cm³/mol. The highest BCUT2D eigenvalue weighted by molar-refractivity contribution is 5.85. The topological polar surface area (TPSA) is 78.7 Å². The fourth-order valence-corrected chi connectivity index (χ4v) is 3.86. The largest absolute Gasteiger partial charge is 0.342 e. The first-order chi connectivity index (χ1) is 11.9. The molecule has 3 atom stereocenters. The summed E-state index contributed by atoms with van der Waals surface area (Å²) in [4.78, 5) is 28.8. The van der Waals surface area contributed by atoms with Crippen molar-refractivity contribution in [1.82, 2.24) is 15.1 Å². The second kappa shape index (κ2) is 11.0. The number of nitrogens with two attached hydrogens (primary N) is 1. The minimum atomic E-state index is 0. The quantitative estimate of drug-likeness (QED) is 0.759. The monoisotopic (exact) mass is 388 g/mol. The zero-order valence-electron chi connectivity index (χ0n) is 16.6. The molecule has 2 saturated heterocycles. The number of nitrogens with one attached hydrogen (secondary N) is 1. The van der Waals surface area contributed by atoms with Crippen molar-refractivity contribution < 1.29 is 9.59 Å². The summed E-state index contributed by atoms with van der Waals surface area (Å²) < 4.78 is 0. The van der Waals surface area contributed by atoms with E-state index in [4.69, 9.17) is 5.73 Å². The molecule has 2 aliphatic heterocycles. The molecule has 3 amide bonds. The lowest BCUT2D eigenvalue weighted by molar-refractivity contribution is -0.134. The molecule has 3 unspecified atom stereocenters. The molecule has 26 heavy (non-hydrogen) atoms. The van der Waals surface area contributed by atoms with Crippen LogP contribution in [-0.2, 0) is 4.79 Å². The summed E-state index contributed by atoms with van der Waals surface area (Å²) in [5.41, 5.74) is 6.03. The Morgan fingerprint density at radius 2 is 1.73 bits per heavy atom. The molecule has 2 fully saturated rings. The van der Waals surface area contributed by atoms with Gasteiger partial charge in [-0.15, -0.1) is 12.4 Å². The van der Waals surface area contributed by atoms with Crippen LogP contribution in [0.25, 0.3) is 0 Å². The maximum atomic E-state index is 12.7. The molecule has 0 spiro atoms. The van der Waals surface area contributed by atoms with Crippen molar-refractivity contribution in [3.05, 3.63) is 0 Å². The van der Waals surface area contributed by atoms with Gasteiger partial charge in [0.2, 0.25) is 5.91 Å². The van der Waals surface area contributed by atoms with E-state index >= 15 is 0 Å². The summed E-state index contributed by atoms with van der Waals surface area (Å²) in [6.45, 7) is 10.1. The number of piperidine rings is 2. The van der Waals surface area contributed by atoms with Gasteiger partial charge in [0, 0.05) is 45.2 Å². The van der Waals surface area contributed by atoms with Gasteiger partial charge in [0.05, 0.1) is 0 Å². The molecule has 152 valence electrons. The first kappa shape index (κ1) is 23.0. The number of likely N-dealkylation sites (tertiary alicyclic amines) is 2. The van der Waals surface area contributed by atoms with Crippen LogP contribution in [0, 0.1) is 17.8 Å². The number of rotatable bonds is 5. The maximum Gasteiger partial charge on any atom is 0.317 e. The van der Waals surface area contributed by atoms with Crippen LogP contribution >= 0.6 is 12.4 Å². The van der Waals surface area contributed by atoms with Crippen LogP contribution in [0.1, 0.15) is 52.9 Å². The molecule has 0 aromatic rings. The van der Waals surface area contributed by atoms with Crippen molar-refractivity contribution in [2.75, 3.05) is 32.7 Å². The number of carbonyl (C=O) groups excluding carboxylic acids is 2. The van der Waals surface area contributed by atoms with Gasteiger partial charge in [-0.05, 0) is 50.4 Å². The van der Waals surface area contributed by atoms with Crippen LogP contribution in [-0.4, -0.2) is 60.5 Å². The number of halogens is 1. The van der Waals surface area contributed by atoms with E-state index in [1.165, 1.54) is 0 Å². The van der Waals surface area contributed by atoms with Crippen molar-refractivity contribution in [1.29, 1.82) is 0 Å². The minimum Gasteiger partial charge on any atom is -0.342 e. The SMILES string of the molecule is CC(C)CNC(=O)N1CCCC(CC(=O)N2CCCC(C(C)N)C2)C1.Cl. The van der Waals surface area contributed by atoms with Crippen LogP contribution in [0.3, 0.4) is 0 Å². The van der Waals surface area contributed by atoms with Crippen molar-refractivity contribution >= 4 is 24.3 Å². The van der Waals surface area contributed by atoms with Gasteiger partial charge in [0.1, 0.15) is 0 Å². The van der Waals surface area contributed by atoms with Gasteiger partial charge < -0.3 is 20.9 Å². The Morgan fingerprint density at radius 3 is 2.38 bits per heavy atom. The molecule has 2 rings (SSSR count). The van der Waals surface area contributed by atoms with Gasteiger partial charge in [-0.1, -0.05) is 13.8 Å². The standard InChI is InChI=1S/C19H36N4O2.ClH/c1-14(2)11-21-19(25)23-9-4-6-16(12-23)10-18(24)22-8-5-7-17(13-22)15(3)20;/h14-17H,4-13,20H2,1-3H3,(H,21,25);1H. The second-order valence-electron chi connectivity index (χ2n) is 8.34. The van der Waals surface area contributed by atoms with Crippen LogP contribution in [0.5, 0.6) is 0 Å². The van der Waals surface area contributed by atoms with E-state index in [-0.39, 0.29) is 36.3 Å². The Bertz CT molecular complexity index is 459. The van der Waals surface area contributed by atoms with E-state index in [9.17, 15) is 9.59 Å². The third-order valence-corrected chi connectivity index (χ3v) is 5.49. The third-order valence-electron chi connectivity index (χ3n) is 5.49. The van der Waals surface area contributed by atoms with Gasteiger partial charge >= 0.3 is 6.03 Å². The lowest BCUT2D eigenvalue weighted by Crippen LogP contribution is -2.48. The van der Waals surface area contributed by atoms with Crippen LogP contribution in [0.2, 0.25) is 0 Å². The molecular weight excluding hydrogens is 352 g/mol. The van der Waals surface area contributed by atoms with Gasteiger partial charge in [-0.25, -0.2) is 4.79 Å². The van der Waals surface area contributed by atoms with Crippen LogP contribution in [0.4, 0.5) is 4.79 Å². The Morgan fingerprint density at radius 1 is 1.08 bits per heavy atom. The van der Waals surface area contributed by atoms with Gasteiger partial charge in [-0.2, -0.15) is 0 Å². The van der Waals surface area contributed by atoms with E-state index in [2.05, 4.69) is 19.2 Å². The zero-order chi connectivity index (χ0) is 18.4. The van der Waals surface area contributed by atoms with Crippen molar-refractivity contribution in [2.45, 2.75) is 58.9 Å².